The Morgan fingerprint density at radius 2 is 2.19 bits per heavy atom. The Balaban J connectivity index is 1.91. The smallest absolute Gasteiger partial charge is 0.189 e. The van der Waals surface area contributed by atoms with Gasteiger partial charge in [-0.05, 0) is 30.7 Å². The Morgan fingerprint density at radius 1 is 1.43 bits per heavy atom. The summed E-state index contributed by atoms with van der Waals surface area (Å²) >= 11 is 0. The number of aromatic nitrogens is 2. The normalized spacial score (nSPS) is 13.1. The van der Waals surface area contributed by atoms with Crippen LogP contribution in [0.4, 0.5) is 0 Å². The van der Waals surface area contributed by atoms with Crippen molar-refractivity contribution in [2.24, 2.45) is 10.7 Å². The number of nitrogens with one attached hydrogen (secondary N) is 1. The van der Waals surface area contributed by atoms with Gasteiger partial charge in [-0.25, -0.2) is 9.67 Å². The van der Waals surface area contributed by atoms with Gasteiger partial charge in [-0.2, -0.15) is 5.10 Å². The summed E-state index contributed by atoms with van der Waals surface area (Å²) in [6.45, 7) is 3.12. The molecule has 6 heteroatoms. The Hall–Kier alpha value is -2.34. The second-order valence-electron chi connectivity index (χ2n) is 4.82. The molecule has 0 aliphatic heterocycles. The number of guanidine groups is 1. The fourth-order valence-corrected chi connectivity index (χ4v) is 1.94. The molecular formula is C15H21N5O. The SMILES string of the molecule is COCC(C)NC(N)=NCc1ccc(-n2cccn2)cc1. The minimum atomic E-state index is 0.140. The van der Waals surface area contributed by atoms with E-state index >= 15 is 0 Å². The first kappa shape index (κ1) is 15.1. The summed E-state index contributed by atoms with van der Waals surface area (Å²) in [7, 11) is 1.66. The van der Waals surface area contributed by atoms with Gasteiger partial charge in [0.05, 0.1) is 18.8 Å². The molecule has 112 valence electrons. The first-order valence-electron chi connectivity index (χ1n) is 6.83. The van der Waals surface area contributed by atoms with E-state index < -0.39 is 0 Å². The van der Waals surface area contributed by atoms with Crippen LogP contribution in [0.5, 0.6) is 0 Å². The molecule has 0 saturated carbocycles. The van der Waals surface area contributed by atoms with Crippen LogP contribution < -0.4 is 11.1 Å². The molecule has 0 aliphatic carbocycles. The zero-order chi connectivity index (χ0) is 15.1. The van der Waals surface area contributed by atoms with Crippen molar-refractivity contribution in [1.29, 1.82) is 0 Å². The molecule has 0 fully saturated rings. The predicted molar refractivity (Wildman–Crippen MR) is 83.4 cm³/mol. The van der Waals surface area contributed by atoms with Crippen molar-refractivity contribution >= 4 is 5.96 Å². The van der Waals surface area contributed by atoms with E-state index in [9.17, 15) is 0 Å². The highest BCUT2D eigenvalue weighted by molar-refractivity contribution is 5.78. The zero-order valence-corrected chi connectivity index (χ0v) is 12.4. The van der Waals surface area contributed by atoms with Crippen molar-refractivity contribution in [3.05, 3.63) is 48.3 Å². The van der Waals surface area contributed by atoms with Crippen molar-refractivity contribution in [1.82, 2.24) is 15.1 Å². The van der Waals surface area contributed by atoms with Gasteiger partial charge in [0.2, 0.25) is 0 Å². The average molecular weight is 287 g/mol. The lowest BCUT2D eigenvalue weighted by atomic mass is 10.2. The summed E-state index contributed by atoms with van der Waals surface area (Å²) in [5.41, 5.74) is 7.94. The first-order valence-corrected chi connectivity index (χ1v) is 6.83. The van der Waals surface area contributed by atoms with E-state index in [0.717, 1.165) is 11.3 Å². The highest BCUT2D eigenvalue weighted by Crippen LogP contribution is 2.09. The van der Waals surface area contributed by atoms with Gasteiger partial charge >= 0.3 is 0 Å². The lowest BCUT2D eigenvalue weighted by molar-refractivity contribution is 0.179. The highest BCUT2D eigenvalue weighted by Gasteiger charge is 2.01. The van der Waals surface area contributed by atoms with Crippen molar-refractivity contribution in [3.63, 3.8) is 0 Å². The summed E-state index contributed by atoms with van der Waals surface area (Å²) in [6.07, 6.45) is 3.66. The van der Waals surface area contributed by atoms with Crippen LogP contribution >= 0.6 is 0 Å². The van der Waals surface area contributed by atoms with Crippen molar-refractivity contribution in [2.45, 2.75) is 19.5 Å². The van der Waals surface area contributed by atoms with Gasteiger partial charge in [0, 0.05) is 25.5 Å². The van der Waals surface area contributed by atoms with Crippen LogP contribution in [-0.4, -0.2) is 35.5 Å². The summed E-state index contributed by atoms with van der Waals surface area (Å²) in [5, 5.41) is 7.26. The molecule has 0 bridgehead atoms. The quantitative estimate of drug-likeness (QED) is 0.620. The monoisotopic (exact) mass is 287 g/mol. The Labute approximate surface area is 124 Å². The number of ether oxygens (including phenoxy) is 1. The van der Waals surface area contributed by atoms with Gasteiger partial charge in [0.1, 0.15) is 0 Å². The minimum Gasteiger partial charge on any atom is -0.383 e. The molecule has 0 radical (unpaired) electrons. The van der Waals surface area contributed by atoms with Crippen LogP contribution in [0.25, 0.3) is 5.69 Å². The first-order chi connectivity index (χ1) is 10.2. The molecule has 1 aromatic heterocycles. The number of hydrogen-bond donors (Lipinski definition) is 2. The lowest BCUT2D eigenvalue weighted by Gasteiger charge is -2.13. The summed E-state index contributed by atoms with van der Waals surface area (Å²) in [4.78, 5) is 4.31. The molecule has 1 unspecified atom stereocenters. The Kier molecular flexibility index (Phi) is 5.34. The maximum atomic E-state index is 5.83. The second kappa shape index (κ2) is 7.44. The molecule has 2 aromatic rings. The molecule has 1 aromatic carbocycles. The van der Waals surface area contributed by atoms with E-state index in [1.807, 2.05) is 48.1 Å². The third-order valence-electron chi connectivity index (χ3n) is 2.95. The molecule has 0 amide bonds. The molecule has 6 nitrogen and oxygen atoms in total. The van der Waals surface area contributed by atoms with Gasteiger partial charge in [-0.3, -0.25) is 0 Å². The van der Waals surface area contributed by atoms with Gasteiger partial charge in [0.15, 0.2) is 5.96 Å². The Bertz CT molecular complexity index is 562. The van der Waals surface area contributed by atoms with Gasteiger partial charge < -0.3 is 15.8 Å². The van der Waals surface area contributed by atoms with Gasteiger partial charge in [-0.15, -0.1) is 0 Å². The van der Waals surface area contributed by atoms with Crippen molar-refractivity contribution in [3.8, 4) is 5.69 Å². The molecule has 2 rings (SSSR count). The van der Waals surface area contributed by atoms with Gasteiger partial charge in [-0.1, -0.05) is 12.1 Å². The fraction of sp³-hybridized carbons (Fsp3) is 0.333. The van der Waals surface area contributed by atoms with Crippen LogP contribution in [0.3, 0.4) is 0 Å². The lowest BCUT2D eigenvalue weighted by Crippen LogP contribution is -2.40. The third kappa shape index (κ3) is 4.61. The van der Waals surface area contributed by atoms with E-state index in [4.69, 9.17) is 10.5 Å². The van der Waals surface area contributed by atoms with E-state index in [2.05, 4.69) is 15.4 Å². The highest BCUT2D eigenvalue weighted by atomic mass is 16.5. The van der Waals surface area contributed by atoms with Crippen molar-refractivity contribution in [2.75, 3.05) is 13.7 Å². The maximum Gasteiger partial charge on any atom is 0.189 e. The number of aliphatic imine (C=N–C) groups is 1. The molecule has 21 heavy (non-hydrogen) atoms. The van der Waals surface area contributed by atoms with Crippen LogP contribution in [0.2, 0.25) is 0 Å². The molecule has 0 saturated heterocycles. The third-order valence-corrected chi connectivity index (χ3v) is 2.95. The molecule has 1 heterocycles. The van der Waals surface area contributed by atoms with E-state index in [-0.39, 0.29) is 6.04 Å². The Morgan fingerprint density at radius 3 is 2.81 bits per heavy atom. The molecular weight excluding hydrogens is 266 g/mol. The molecule has 1 atom stereocenters. The van der Waals surface area contributed by atoms with Crippen LogP contribution in [0, 0.1) is 0 Å². The number of nitrogens with zero attached hydrogens (tertiary/aromatic N) is 3. The van der Waals surface area contributed by atoms with Crippen LogP contribution in [0.1, 0.15) is 12.5 Å². The summed E-state index contributed by atoms with van der Waals surface area (Å²) < 4.78 is 6.85. The summed E-state index contributed by atoms with van der Waals surface area (Å²) in [5.74, 6) is 0.427. The van der Waals surface area contributed by atoms with E-state index in [1.54, 1.807) is 13.3 Å². The number of rotatable bonds is 6. The fourth-order valence-electron chi connectivity index (χ4n) is 1.94. The van der Waals surface area contributed by atoms with Crippen LogP contribution in [-0.2, 0) is 11.3 Å². The topological polar surface area (TPSA) is 77.5 Å². The van der Waals surface area contributed by atoms with E-state index in [1.165, 1.54) is 0 Å². The van der Waals surface area contributed by atoms with Crippen LogP contribution in [0.15, 0.2) is 47.7 Å². The zero-order valence-electron chi connectivity index (χ0n) is 12.4. The predicted octanol–water partition coefficient (Wildman–Crippen LogP) is 1.31. The second-order valence-corrected chi connectivity index (χ2v) is 4.82. The number of nitrogens with two attached hydrogens (primary N) is 1. The molecule has 3 N–H and O–H groups in total. The molecule has 0 aliphatic rings. The minimum absolute atomic E-state index is 0.140. The standard InChI is InChI=1S/C15H21N5O/c1-12(11-21-2)19-15(16)17-10-13-4-6-14(7-5-13)20-9-3-8-18-20/h3-9,12H,10-11H2,1-2H3,(H3,16,17,19). The molecule has 0 spiro atoms. The average Bonchev–Trinajstić information content (AvgIpc) is 3.00. The number of methoxy groups -OCH3 is 1. The summed E-state index contributed by atoms with van der Waals surface area (Å²) in [6, 6.07) is 10.1. The maximum absolute atomic E-state index is 5.83. The number of benzene rings is 1. The van der Waals surface area contributed by atoms with E-state index in [0.29, 0.717) is 19.1 Å². The van der Waals surface area contributed by atoms with Gasteiger partial charge in [0.25, 0.3) is 0 Å². The van der Waals surface area contributed by atoms with Crippen molar-refractivity contribution < 1.29 is 4.74 Å². The number of hydrogen-bond acceptors (Lipinski definition) is 3. The largest absolute Gasteiger partial charge is 0.383 e.